The summed E-state index contributed by atoms with van der Waals surface area (Å²) >= 11 is 6.05. The van der Waals surface area contributed by atoms with E-state index >= 15 is 0 Å². The van der Waals surface area contributed by atoms with Crippen LogP contribution in [0.25, 0.3) is 6.08 Å². The standard InChI is InChI=1S/C21H23ClN2O4/c1-4-27-17-8-10-18(11-9-17)28-15(3)21(26)24-23-20(25)12-7-16-6-5-14(2)19(22)13-16/h5-13,15H,4H2,1-3H3,(H,23,25)(H,24,26)/b12-7+/t15-/m0/s1. The predicted molar refractivity (Wildman–Crippen MR) is 109 cm³/mol. The van der Waals surface area contributed by atoms with Gasteiger partial charge in [-0.2, -0.15) is 0 Å². The van der Waals surface area contributed by atoms with Crippen molar-refractivity contribution in [1.29, 1.82) is 0 Å². The number of nitrogens with one attached hydrogen (secondary N) is 2. The quantitative estimate of drug-likeness (QED) is 0.547. The van der Waals surface area contributed by atoms with E-state index in [0.29, 0.717) is 17.4 Å². The molecule has 2 aromatic rings. The van der Waals surface area contributed by atoms with Crippen molar-refractivity contribution in [2.24, 2.45) is 0 Å². The zero-order chi connectivity index (χ0) is 20.5. The molecular weight excluding hydrogens is 380 g/mol. The van der Waals surface area contributed by atoms with E-state index in [1.165, 1.54) is 6.08 Å². The van der Waals surface area contributed by atoms with Crippen LogP contribution in [0.1, 0.15) is 25.0 Å². The minimum Gasteiger partial charge on any atom is -0.494 e. The first-order chi connectivity index (χ1) is 13.4. The molecule has 28 heavy (non-hydrogen) atoms. The van der Waals surface area contributed by atoms with Gasteiger partial charge in [0, 0.05) is 11.1 Å². The second kappa shape index (κ2) is 10.4. The largest absolute Gasteiger partial charge is 0.494 e. The number of rotatable bonds is 7. The fourth-order valence-corrected chi connectivity index (χ4v) is 2.38. The number of benzene rings is 2. The molecule has 0 radical (unpaired) electrons. The number of carbonyl (C=O) groups excluding carboxylic acids is 2. The van der Waals surface area contributed by atoms with Crippen LogP contribution >= 0.6 is 11.6 Å². The van der Waals surface area contributed by atoms with Crippen LogP contribution in [0.3, 0.4) is 0 Å². The van der Waals surface area contributed by atoms with E-state index in [2.05, 4.69) is 10.9 Å². The Labute approximate surface area is 169 Å². The van der Waals surface area contributed by atoms with Crippen molar-refractivity contribution in [2.75, 3.05) is 6.61 Å². The van der Waals surface area contributed by atoms with E-state index in [1.54, 1.807) is 43.3 Å². The highest BCUT2D eigenvalue weighted by molar-refractivity contribution is 6.31. The van der Waals surface area contributed by atoms with Crippen LogP contribution < -0.4 is 20.3 Å². The van der Waals surface area contributed by atoms with Crippen LogP contribution in [0.4, 0.5) is 0 Å². The van der Waals surface area contributed by atoms with Crippen molar-refractivity contribution in [3.05, 3.63) is 64.7 Å². The number of aryl methyl sites for hydroxylation is 1. The molecular formula is C21H23ClN2O4. The van der Waals surface area contributed by atoms with Crippen LogP contribution in [0.15, 0.2) is 48.5 Å². The molecule has 0 unspecified atom stereocenters. The van der Waals surface area contributed by atoms with Gasteiger partial charge in [-0.15, -0.1) is 0 Å². The zero-order valence-electron chi connectivity index (χ0n) is 16.0. The van der Waals surface area contributed by atoms with Crippen LogP contribution in [0.5, 0.6) is 11.5 Å². The Balaban J connectivity index is 1.80. The third-order valence-corrected chi connectivity index (χ3v) is 4.16. The van der Waals surface area contributed by atoms with Crippen molar-refractivity contribution in [3.8, 4) is 11.5 Å². The summed E-state index contributed by atoms with van der Waals surface area (Å²) in [6, 6.07) is 12.4. The van der Waals surface area contributed by atoms with Gasteiger partial charge in [0.15, 0.2) is 6.10 Å². The van der Waals surface area contributed by atoms with Gasteiger partial charge >= 0.3 is 0 Å². The molecule has 0 fully saturated rings. The highest BCUT2D eigenvalue weighted by Crippen LogP contribution is 2.19. The van der Waals surface area contributed by atoms with Crippen molar-refractivity contribution < 1.29 is 19.1 Å². The lowest BCUT2D eigenvalue weighted by Gasteiger charge is -2.15. The molecule has 2 N–H and O–H groups in total. The van der Waals surface area contributed by atoms with Crippen LogP contribution in [-0.4, -0.2) is 24.5 Å². The van der Waals surface area contributed by atoms with Gasteiger partial charge in [0.05, 0.1) is 6.61 Å². The molecule has 2 aromatic carbocycles. The van der Waals surface area contributed by atoms with E-state index in [0.717, 1.165) is 16.9 Å². The monoisotopic (exact) mass is 402 g/mol. The normalized spacial score (nSPS) is 11.7. The fraction of sp³-hybridized carbons (Fsp3) is 0.238. The highest BCUT2D eigenvalue weighted by Gasteiger charge is 2.15. The number of amides is 2. The number of hydrogen-bond donors (Lipinski definition) is 2. The Morgan fingerprint density at radius 2 is 1.79 bits per heavy atom. The fourth-order valence-electron chi connectivity index (χ4n) is 2.19. The van der Waals surface area contributed by atoms with Gasteiger partial charge in [0.25, 0.3) is 11.8 Å². The molecule has 0 saturated carbocycles. The molecule has 2 rings (SSSR count). The second-order valence-electron chi connectivity index (χ2n) is 5.98. The van der Waals surface area contributed by atoms with E-state index in [1.807, 2.05) is 26.0 Å². The van der Waals surface area contributed by atoms with Gasteiger partial charge in [-0.25, -0.2) is 0 Å². The van der Waals surface area contributed by atoms with Crippen molar-refractivity contribution in [1.82, 2.24) is 10.9 Å². The third kappa shape index (κ3) is 6.63. The summed E-state index contributed by atoms with van der Waals surface area (Å²) < 4.78 is 10.9. The van der Waals surface area contributed by atoms with Gasteiger partial charge < -0.3 is 9.47 Å². The number of halogens is 1. The summed E-state index contributed by atoms with van der Waals surface area (Å²) in [5.74, 6) is 0.293. The molecule has 0 spiro atoms. The molecule has 1 atom stereocenters. The number of hydrogen-bond acceptors (Lipinski definition) is 4. The van der Waals surface area contributed by atoms with Crippen LogP contribution in [0, 0.1) is 6.92 Å². The van der Waals surface area contributed by atoms with Gasteiger partial charge in [-0.1, -0.05) is 23.7 Å². The van der Waals surface area contributed by atoms with Crippen molar-refractivity contribution in [3.63, 3.8) is 0 Å². The predicted octanol–water partition coefficient (Wildman–Crippen LogP) is 3.68. The maximum absolute atomic E-state index is 12.1. The lowest BCUT2D eigenvalue weighted by molar-refractivity contribution is -0.131. The first-order valence-electron chi connectivity index (χ1n) is 8.82. The number of ether oxygens (including phenoxy) is 2. The maximum Gasteiger partial charge on any atom is 0.279 e. The average molecular weight is 403 g/mol. The summed E-state index contributed by atoms with van der Waals surface area (Å²) in [6.07, 6.45) is 2.12. The lowest BCUT2D eigenvalue weighted by atomic mass is 10.1. The Kier molecular flexibility index (Phi) is 7.89. The lowest BCUT2D eigenvalue weighted by Crippen LogP contribution is -2.46. The summed E-state index contributed by atoms with van der Waals surface area (Å²) in [5.41, 5.74) is 6.38. The summed E-state index contributed by atoms with van der Waals surface area (Å²) in [7, 11) is 0. The molecule has 0 aliphatic carbocycles. The van der Waals surface area contributed by atoms with Gasteiger partial charge in [-0.3, -0.25) is 20.4 Å². The van der Waals surface area contributed by atoms with E-state index in [9.17, 15) is 9.59 Å². The summed E-state index contributed by atoms with van der Waals surface area (Å²) in [5, 5.41) is 0.621. The smallest absolute Gasteiger partial charge is 0.279 e. The van der Waals surface area contributed by atoms with E-state index in [-0.39, 0.29) is 0 Å². The van der Waals surface area contributed by atoms with Crippen molar-refractivity contribution in [2.45, 2.75) is 26.9 Å². The number of hydrazine groups is 1. The summed E-state index contributed by atoms with van der Waals surface area (Å²) in [6.45, 7) is 5.96. The molecule has 0 heterocycles. The first-order valence-corrected chi connectivity index (χ1v) is 9.20. The highest BCUT2D eigenvalue weighted by atomic mass is 35.5. The molecule has 0 bridgehead atoms. The van der Waals surface area contributed by atoms with Crippen LogP contribution in [0.2, 0.25) is 5.02 Å². The minimum absolute atomic E-state index is 0.474. The zero-order valence-corrected chi connectivity index (χ0v) is 16.7. The molecule has 2 amide bonds. The Bertz CT molecular complexity index is 850. The molecule has 0 saturated heterocycles. The Morgan fingerprint density at radius 3 is 2.43 bits per heavy atom. The Hall–Kier alpha value is -2.99. The van der Waals surface area contributed by atoms with Gasteiger partial charge in [0.1, 0.15) is 11.5 Å². The molecule has 7 heteroatoms. The van der Waals surface area contributed by atoms with E-state index in [4.69, 9.17) is 21.1 Å². The molecule has 0 aromatic heterocycles. The molecule has 0 aliphatic rings. The number of carbonyl (C=O) groups is 2. The molecule has 0 aliphatic heterocycles. The third-order valence-electron chi connectivity index (χ3n) is 3.75. The van der Waals surface area contributed by atoms with E-state index < -0.39 is 17.9 Å². The maximum atomic E-state index is 12.1. The van der Waals surface area contributed by atoms with Crippen molar-refractivity contribution >= 4 is 29.5 Å². The molecule has 148 valence electrons. The first kappa shape index (κ1) is 21.3. The Morgan fingerprint density at radius 1 is 1.11 bits per heavy atom. The van der Waals surface area contributed by atoms with Gasteiger partial charge in [0.2, 0.25) is 0 Å². The summed E-state index contributed by atoms with van der Waals surface area (Å²) in [4.78, 5) is 23.9. The second-order valence-corrected chi connectivity index (χ2v) is 6.39. The molecule has 6 nitrogen and oxygen atoms in total. The SMILES string of the molecule is CCOc1ccc(O[C@@H](C)C(=O)NNC(=O)/C=C/c2ccc(C)c(Cl)c2)cc1. The minimum atomic E-state index is -0.793. The van der Waals surface area contributed by atoms with Crippen LogP contribution in [-0.2, 0) is 9.59 Å². The van der Waals surface area contributed by atoms with Gasteiger partial charge in [-0.05, 0) is 68.3 Å². The topological polar surface area (TPSA) is 76.7 Å². The average Bonchev–Trinajstić information content (AvgIpc) is 2.68.